The van der Waals surface area contributed by atoms with Gasteiger partial charge in [0.1, 0.15) is 5.75 Å². The van der Waals surface area contributed by atoms with Gasteiger partial charge >= 0.3 is 5.97 Å². The molecule has 6 heteroatoms. The monoisotopic (exact) mass is 383 g/mol. The first kappa shape index (κ1) is 17.8. The van der Waals surface area contributed by atoms with Crippen molar-refractivity contribution >= 4 is 27.8 Å². The Hall–Kier alpha value is -1.56. The van der Waals surface area contributed by atoms with E-state index in [2.05, 4.69) is 28.2 Å². The topological polar surface area (TPSA) is 64.6 Å². The normalized spacial score (nSPS) is 20.7. The average molecular weight is 384 g/mol. The summed E-state index contributed by atoms with van der Waals surface area (Å²) in [5.41, 5.74) is 0.372. The molecule has 1 amide bonds. The number of hydrogen-bond acceptors (Lipinski definition) is 4. The Morgan fingerprint density at radius 3 is 2.70 bits per heavy atom. The fraction of sp³-hybridized carbons (Fsp3) is 0.529. The Morgan fingerprint density at radius 2 is 2.04 bits per heavy atom. The molecule has 0 spiro atoms. The lowest BCUT2D eigenvalue weighted by molar-refractivity contribution is -0.125. The van der Waals surface area contributed by atoms with Crippen LogP contribution in [-0.4, -0.2) is 31.6 Å². The van der Waals surface area contributed by atoms with Crippen LogP contribution < -0.4 is 10.1 Å². The van der Waals surface area contributed by atoms with Crippen molar-refractivity contribution in [1.82, 2.24) is 5.32 Å². The predicted molar refractivity (Wildman–Crippen MR) is 90.5 cm³/mol. The summed E-state index contributed by atoms with van der Waals surface area (Å²) in [5.74, 6) is 0.330. The molecule has 1 aliphatic rings. The summed E-state index contributed by atoms with van der Waals surface area (Å²) < 4.78 is 10.9. The van der Waals surface area contributed by atoms with Crippen LogP contribution in [0.3, 0.4) is 0 Å². The maximum Gasteiger partial charge on any atom is 0.338 e. The predicted octanol–water partition coefficient (Wildman–Crippen LogP) is 3.31. The van der Waals surface area contributed by atoms with Gasteiger partial charge in [-0.25, -0.2) is 4.79 Å². The molecule has 0 saturated heterocycles. The molecule has 0 heterocycles. The molecular weight excluding hydrogens is 362 g/mol. The minimum absolute atomic E-state index is 0.185. The van der Waals surface area contributed by atoms with Crippen LogP contribution in [0.4, 0.5) is 0 Å². The van der Waals surface area contributed by atoms with Gasteiger partial charge in [-0.3, -0.25) is 4.79 Å². The molecule has 2 rings (SSSR count). The summed E-state index contributed by atoms with van der Waals surface area (Å²) >= 11 is 3.32. The zero-order valence-electron chi connectivity index (χ0n) is 13.4. The number of rotatable bonds is 5. The largest absolute Gasteiger partial charge is 0.496 e. The molecule has 1 saturated carbocycles. The van der Waals surface area contributed by atoms with E-state index in [1.165, 1.54) is 6.42 Å². The quantitative estimate of drug-likeness (QED) is 0.792. The van der Waals surface area contributed by atoms with Crippen LogP contribution in [0.1, 0.15) is 43.0 Å². The van der Waals surface area contributed by atoms with E-state index in [1.807, 2.05) is 0 Å². The molecule has 1 aromatic rings. The third-order valence-electron chi connectivity index (χ3n) is 4.18. The van der Waals surface area contributed by atoms with Crippen LogP contribution in [0.5, 0.6) is 5.75 Å². The standard InChI is InChI=1S/C17H22BrNO4/c1-11-5-3-4-6-14(11)19-16(20)10-23-17(21)12-7-8-15(22-2)13(18)9-12/h7-9,11,14H,3-6,10H2,1-2H3,(H,19,20)/t11-,14-/m1/s1. The molecule has 23 heavy (non-hydrogen) atoms. The Kier molecular flexibility index (Phi) is 6.45. The number of esters is 1. The Morgan fingerprint density at radius 1 is 1.30 bits per heavy atom. The van der Waals surface area contributed by atoms with E-state index in [0.29, 0.717) is 21.7 Å². The number of methoxy groups -OCH3 is 1. The number of benzene rings is 1. The molecule has 126 valence electrons. The van der Waals surface area contributed by atoms with Gasteiger partial charge in [-0.2, -0.15) is 0 Å². The van der Waals surface area contributed by atoms with E-state index in [4.69, 9.17) is 9.47 Å². The van der Waals surface area contributed by atoms with Gasteiger partial charge in [-0.15, -0.1) is 0 Å². The molecule has 0 unspecified atom stereocenters. The highest BCUT2D eigenvalue weighted by Crippen LogP contribution is 2.26. The van der Waals surface area contributed by atoms with Crippen molar-refractivity contribution in [3.8, 4) is 5.75 Å². The molecular formula is C17H22BrNO4. The molecule has 1 N–H and O–H groups in total. The van der Waals surface area contributed by atoms with Crippen molar-refractivity contribution in [2.75, 3.05) is 13.7 Å². The van der Waals surface area contributed by atoms with Gasteiger partial charge in [0.15, 0.2) is 6.61 Å². The van der Waals surface area contributed by atoms with Gasteiger partial charge in [0.25, 0.3) is 5.91 Å². The maximum atomic E-state index is 12.0. The number of amides is 1. The number of ether oxygens (including phenoxy) is 2. The van der Waals surface area contributed by atoms with Gasteiger partial charge < -0.3 is 14.8 Å². The second-order valence-corrected chi connectivity index (χ2v) is 6.72. The second-order valence-electron chi connectivity index (χ2n) is 5.86. The lowest BCUT2D eigenvalue weighted by Gasteiger charge is -2.29. The Balaban J connectivity index is 1.83. The minimum Gasteiger partial charge on any atom is -0.496 e. The van der Waals surface area contributed by atoms with Crippen LogP contribution in [0.25, 0.3) is 0 Å². The average Bonchev–Trinajstić information content (AvgIpc) is 2.54. The van der Waals surface area contributed by atoms with Gasteiger partial charge in [0.05, 0.1) is 17.1 Å². The van der Waals surface area contributed by atoms with Crippen LogP contribution >= 0.6 is 15.9 Å². The van der Waals surface area contributed by atoms with E-state index in [0.717, 1.165) is 19.3 Å². The number of halogens is 1. The molecule has 0 bridgehead atoms. The summed E-state index contributed by atoms with van der Waals surface area (Å²) in [7, 11) is 1.55. The second kappa shape index (κ2) is 8.34. The summed E-state index contributed by atoms with van der Waals surface area (Å²) in [5, 5.41) is 2.96. The maximum absolute atomic E-state index is 12.0. The van der Waals surface area contributed by atoms with E-state index < -0.39 is 5.97 Å². The first-order chi connectivity index (χ1) is 11.0. The molecule has 0 aliphatic heterocycles. The zero-order valence-corrected chi connectivity index (χ0v) is 15.0. The van der Waals surface area contributed by atoms with Crippen molar-refractivity contribution in [1.29, 1.82) is 0 Å². The van der Waals surface area contributed by atoms with Crippen molar-refractivity contribution in [2.24, 2.45) is 5.92 Å². The number of hydrogen-bond donors (Lipinski definition) is 1. The zero-order chi connectivity index (χ0) is 16.8. The van der Waals surface area contributed by atoms with Crippen molar-refractivity contribution in [3.63, 3.8) is 0 Å². The highest BCUT2D eigenvalue weighted by molar-refractivity contribution is 9.10. The first-order valence-electron chi connectivity index (χ1n) is 7.81. The van der Waals surface area contributed by atoms with Gasteiger partial charge in [-0.05, 0) is 52.9 Å². The van der Waals surface area contributed by atoms with Crippen LogP contribution in [0, 0.1) is 5.92 Å². The number of carbonyl (C=O) groups is 2. The number of carbonyl (C=O) groups excluding carboxylic acids is 2. The van der Waals surface area contributed by atoms with Crippen molar-refractivity contribution in [2.45, 2.75) is 38.6 Å². The first-order valence-corrected chi connectivity index (χ1v) is 8.60. The third-order valence-corrected chi connectivity index (χ3v) is 4.80. The Bertz CT molecular complexity index is 576. The molecule has 0 radical (unpaired) electrons. The molecule has 0 aromatic heterocycles. The summed E-state index contributed by atoms with van der Waals surface area (Å²) in [6.45, 7) is 1.89. The smallest absolute Gasteiger partial charge is 0.338 e. The van der Waals surface area contributed by atoms with Crippen LogP contribution in [0.15, 0.2) is 22.7 Å². The van der Waals surface area contributed by atoms with Gasteiger partial charge in [-0.1, -0.05) is 19.8 Å². The molecule has 1 aliphatic carbocycles. The highest BCUT2D eigenvalue weighted by Gasteiger charge is 2.23. The molecule has 1 fully saturated rings. The highest BCUT2D eigenvalue weighted by atomic mass is 79.9. The van der Waals surface area contributed by atoms with E-state index in [-0.39, 0.29) is 18.6 Å². The van der Waals surface area contributed by atoms with E-state index in [9.17, 15) is 9.59 Å². The summed E-state index contributed by atoms with van der Waals surface area (Å²) in [6.07, 6.45) is 4.47. The van der Waals surface area contributed by atoms with Crippen LogP contribution in [0.2, 0.25) is 0 Å². The third kappa shape index (κ3) is 4.96. The van der Waals surface area contributed by atoms with Crippen molar-refractivity contribution in [3.05, 3.63) is 28.2 Å². The summed E-state index contributed by atoms with van der Waals surface area (Å²) in [6, 6.07) is 5.07. The van der Waals surface area contributed by atoms with E-state index >= 15 is 0 Å². The lowest BCUT2D eigenvalue weighted by Crippen LogP contribution is -2.42. The fourth-order valence-electron chi connectivity index (χ4n) is 2.79. The molecule has 5 nitrogen and oxygen atoms in total. The van der Waals surface area contributed by atoms with Crippen molar-refractivity contribution < 1.29 is 19.1 Å². The lowest BCUT2D eigenvalue weighted by atomic mass is 9.86. The molecule has 1 aromatic carbocycles. The molecule has 2 atom stereocenters. The SMILES string of the molecule is COc1ccc(C(=O)OCC(=O)N[C@@H]2CCCC[C@H]2C)cc1Br. The Labute approximate surface area is 144 Å². The van der Waals surface area contributed by atoms with Gasteiger partial charge in [0.2, 0.25) is 0 Å². The fourth-order valence-corrected chi connectivity index (χ4v) is 3.33. The summed E-state index contributed by atoms with van der Waals surface area (Å²) in [4.78, 5) is 23.9. The number of nitrogens with one attached hydrogen (secondary N) is 1. The van der Waals surface area contributed by atoms with Crippen LogP contribution in [-0.2, 0) is 9.53 Å². The van der Waals surface area contributed by atoms with E-state index in [1.54, 1.807) is 25.3 Å². The van der Waals surface area contributed by atoms with Gasteiger partial charge in [0, 0.05) is 6.04 Å². The minimum atomic E-state index is -0.528.